The smallest absolute Gasteiger partial charge is 0.225 e. The molecule has 1 atom stereocenters. The molecule has 0 saturated carbocycles. The van der Waals surface area contributed by atoms with E-state index in [1.165, 1.54) is 37.1 Å². The molecular formula is C24H33N5O. The number of nitrogens with zero attached hydrogens (tertiary/aromatic N) is 4. The molecule has 4 rings (SSSR count). The highest BCUT2D eigenvalue weighted by molar-refractivity contribution is 5.79. The number of rotatable bonds is 6. The van der Waals surface area contributed by atoms with E-state index < -0.39 is 0 Å². The van der Waals surface area contributed by atoms with Crippen LogP contribution in [0.2, 0.25) is 0 Å². The van der Waals surface area contributed by atoms with Crippen molar-refractivity contribution in [1.82, 2.24) is 20.2 Å². The number of carbonyl (C=O) groups is 1. The van der Waals surface area contributed by atoms with Gasteiger partial charge < -0.3 is 10.2 Å². The molecule has 2 aromatic rings. The fourth-order valence-electron chi connectivity index (χ4n) is 4.50. The van der Waals surface area contributed by atoms with Gasteiger partial charge in [-0.3, -0.25) is 9.69 Å². The molecule has 6 heteroatoms. The fourth-order valence-corrected chi connectivity index (χ4v) is 4.50. The lowest BCUT2D eigenvalue weighted by Gasteiger charge is -2.32. The van der Waals surface area contributed by atoms with Crippen molar-refractivity contribution in [2.45, 2.75) is 45.7 Å². The maximum Gasteiger partial charge on any atom is 0.225 e. The summed E-state index contributed by atoms with van der Waals surface area (Å²) < 4.78 is 0. The van der Waals surface area contributed by atoms with Crippen molar-refractivity contribution in [2.75, 3.05) is 31.1 Å². The Bertz CT molecular complexity index is 819. The predicted octanol–water partition coefficient (Wildman–Crippen LogP) is 3.24. The molecule has 0 bridgehead atoms. The molecule has 2 saturated heterocycles. The van der Waals surface area contributed by atoms with E-state index in [1.807, 2.05) is 6.07 Å². The molecule has 2 aliphatic heterocycles. The van der Waals surface area contributed by atoms with Crippen LogP contribution in [0.4, 0.5) is 5.95 Å². The van der Waals surface area contributed by atoms with Gasteiger partial charge in [-0.15, -0.1) is 0 Å². The summed E-state index contributed by atoms with van der Waals surface area (Å²) in [6, 6.07) is 10.3. The van der Waals surface area contributed by atoms with Gasteiger partial charge in [-0.05, 0) is 61.9 Å². The SMILES string of the molecule is CC1CCN(Cc2ccccc2CNC(=O)C2CCCN(c3ncccn3)C2)CC1. The molecule has 1 N–H and O–H groups in total. The Balaban J connectivity index is 1.32. The van der Waals surface area contributed by atoms with Crippen LogP contribution in [0.3, 0.4) is 0 Å². The quantitative estimate of drug-likeness (QED) is 0.797. The van der Waals surface area contributed by atoms with E-state index in [9.17, 15) is 4.79 Å². The maximum atomic E-state index is 12.9. The average molecular weight is 408 g/mol. The molecule has 6 nitrogen and oxygen atoms in total. The third kappa shape index (κ3) is 5.36. The molecule has 0 radical (unpaired) electrons. The molecule has 1 unspecified atom stereocenters. The Morgan fingerprint density at radius 3 is 2.53 bits per heavy atom. The van der Waals surface area contributed by atoms with E-state index in [4.69, 9.17) is 0 Å². The second-order valence-corrected chi connectivity index (χ2v) is 8.78. The van der Waals surface area contributed by atoms with Crippen molar-refractivity contribution >= 4 is 11.9 Å². The first-order valence-electron chi connectivity index (χ1n) is 11.3. The minimum absolute atomic E-state index is 0.0155. The van der Waals surface area contributed by atoms with Crippen LogP contribution in [0.25, 0.3) is 0 Å². The number of amides is 1. The number of nitrogens with one attached hydrogen (secondary N) is 1. The number of likely N-dealkylation sites (tertiary alicyclic amines) is 1. The van der Waals surface area contributed by atoms with Crippen LogP contribution in [0.15, 0.2) is 42.7 Å². The van der Waals surface area contributed by atoms with Gasteiger partial charge in [-0.2, -0.15) is 0 Å². The summed E-state index contributed by atoms with van der Waals surface area (Å²) in [6.45, 7) is 7.84. The Labute approximate surface area is 179 Å². The van der Waals surface area contributed by atoms with E-state index >= 15 is 0 Å². The van der Waals surface area contributed by atoms with Gasteiger partial charge in [0.25, 0.3) is 0 Å². The van der Waals surface area contributed by atoms with Crippen molar-refractivity contribution < 1.29 is 4.79 Å². The Hall–Kier alpha value is -2.47. The highest BCUT2D eigenvalue weighted by atomic mass is 16.1. The summed E-state index contributed by atoms with van der Waals surface area (Å²) in [7, 11) is 0. The highest BCUT2D eigenvalue weighted by Crippen LogP contribution is 2.22. The first-order chi connectivity index (χ1) is 14.7. The number of hydrogen-bond donors (Lipinski definition) is 1. The van der Waals surface area contributed by atoms with Crippen molar-refractivity contribution in [3.8, 4) is 0 Å². The molecule has 1 amide bonds. The van der Waals surface area contributed by atoms with Crippen LogP contribution in [-0.2, 0) is 17.9 Å². The third-order valence-electron chi connectivity index (χ3n) is 6.47. The first-order valence-corrected chi connectivity index (χ1v) is 11.3. The van der Waals surface area contributed by atoms with Gasteiger partial charge in [-0.25, -0.2) is 9.97 Å². The van der Waals surface area contributed by atoms with E-state index in [2.05, 4.69) is 56.3 Å². The summed E-state index contributed by atoms with van der Waals surface area (Å²) in [6.07, 6.45) is 7.98. The summed E-state index contributed by atoms with van der Waals surface area (Å²) in [4.78, 5) is 26.2. The van der Waals surface area contributed by atoms with Gasteiger partial charge >= 0.3 is 0 Å². The minimum atomic E-state index is -0.0155. The fraction of sp³-hybridized carbons (Fsp3) is 0.542. The normalized spacial score (nSPS) is 20.8. The van der Waals surface area contributed by atoms with Crippen LogP contribution in [0.1, 0.15) is 43.7 Å². The predicted molar refractivity (Wildman–Crippen MR) is 119 cm³/mol. The number of aromatic nitrogens is 2. The zero-order chi connectivity index (χ0) is 20.8. The molecule has 30 heavy (non-hydrogen) atoms. The molecule has 2 fully saturated rings. The Kier molecular flexibility index (Phi) is 6.95. The second kappa shape index (κ2) is 10.0. The summed E-state index contributed by atoms with van der Waals surface area (Å²) in [5, 5.41) is 3.20. The van der Waals surface area contributed by atoms with Crippen LogP contribution in [-0.4, -0.2) is 47.0 Å². The zero-order valence-electron chi connectivity index (χ0n) is 18.0. The molecule has 3 heterocycles. The van der Waals surface area contributed by atoms with E-state index in [0.717, 1.165) is 37.8 Å². The van der Waals surface area contributed by atoms with Gasteiger partial charge in [-0.1, -0.05) is 31.2 Å². The maximum absolute atomic E-state index is 12.9. The van der Waals surface area contributed by atoms with E-state index in [1.54, 1.807) is 12.4 Å². The van der Waals surface area contributed by atoms with Gasteiger partial charge in [0.05, 0.1) is 5.92 Å². The highest BCUT2D eigenvalue weighted by Gasteiger charge is 2.27. The lowest BCUT2D eigenvalue weighted by Crippen LogP contribution is -2.43. The summed E-state index contributed by atoms with van der Waals surface area (Å²) in [5.41, 5.74) is 2.55. The van der Waals surface area contributed by atoms with Crippen LogP contribution >= 0.6 is 0 Å². The minimum Gasteiger partial charge on any atom is -0.352 e. The zero-order valence-corrected chi connectivity index (χ0v) is 18.0. The largest absolute Gasteiger partial charge is 0.352 e. The monoisotopic (exact) mass is 407 g/mol. The third-order valence-corrected chi connectivity index (χ3v) is 6.47. The van der Waals surface area contributed by atoms with Crippen molar-refractivity contribution in [1.29, 1.82) is 0 Å². The van der Waals surface area contributed by atoms with Crippen molar-refractivity contribution in [2.24, 2.45) is 11.8 Å². The van der Waals surface area contributed by atoms with Crippen molar-refractivity contribution in [3.05, 3.63) is 53.9 Å². The number of hydrogen-bond acceptors (Lipinski definition) is 5. The van der Waals surface area contributed by atoms with E-state index in [0.29, 0.717) is 13.1 Å². The Morgan fingerprint density at radius 2 is 1.77 bits per heavy atom. The van der Waals surface area contributed by atoms with Gasteiger partial charge in [0.15, 0.2) is 0 Å². The second-order valence-electron chi connectivity index (χ2n) is 8.78. The van der Waals surface area contributed by atoms with Gasteiger partial charge in [0, 0.05) is 38.6 Å². The first kappa shape index (κ1) is 20.8. The van der Waals surface area contributed by atoms with E-state index in [-0.39, 0.29) is 11.8 Å². The lowest BCUT2D eigenvalue weighted by molar-refractivity contribution is -0.125. The van der Waals surface area contributed by atoms with Gasteiger partial charge in [0.2, 0.25) is 11.9 Å². The molecule has 0 aliphatic carbocycles. The molecule has 160 valence electrons. The molecule has 2 aliphatic rings. The number of piperidine rings is 2. The molecule has 1 aromatic heterocycles. The Morgan fingerprint density at radius 1 is 1.03 bits per heavy atom. The van der Waals surface area contributed by atoms with Crippen LogP contribution in [0.5, 0.6) is 0 Å². The molecular weight excluding hydrogens is 374 g/mol. The van der Waals surface area contributed by atoms with Gasteiger partial charge in [0.1, 0.15) is 0 Å². The number of anilines is 1. The summed E-state index contributed by atoms with van der Waals surface area (Å²) >= 11 is 0. The average Bonchev–Trinajstić information content (AvgIpc) is 2.80. The summed E-state index contributed by atoms with van der Waals surface area (Å²) in [5.74, 6) is 1.68. The topological polar surface area (TPSA) is 61.4 Å². The number of benzene rings is 1. The standard InChI is InChI=1S/C24H33N5O/c1-19-9-14-28(15-10-19)17-21-7-3-2-6-20(21)16-27-23(30)22-8-4-13-29(18-22)24-25-11-5-12-26-24/h2-3,5-7,11-12,19,22H,4,8-10,13-18H2,1H3,(H,27,30). The molecule has 0 spiro atoms. The van der Waals surface area contributed by atoms with Crippen LogP contribution in [0, 0.1) is 11.8 Å². The van der Waals surface area contributed by atoms with Crippen LogP contribution < -0.4 is 10.2 Å². The molecule has 1 aromatic carbocycles. The van der Waals surface area contributed by atoms with Crippen molar-refractivity contribution in [3.63, 3.8) is 0 Å². The lowest BCUT2D eigenvalue weighted by atomic mass is 9.96. The number of carbonyl (C=O) groups excluding carboxylic acids is 1.